The highest BCUT2D eigenvalue weighted by Gasteiger charge is 2.47. The van der Waals surface area contributed by atoms with Crippen LogP contribution in [0.25, 0.3) is 0 Å². The maximum absolute atomic E-state index is 12.9. The molecule has 0 unspecified atom stereocenters. The van der Waals surface area contributed by atoms with Crippen molar-refractivity contribution in [2.75, 3.05) is 13.7 Å². The van der Waals surface area contributed by atoms with Crippen LogP contribution in [0.3, 0.4) is 0 Å². The van der Waals surface area contributed by atoms with E-state index in [9.17, 15) is 20.1 Å². The summed E-state index contributed by atoms with van der Waals surface area (Å²) in [5, 5.41) is 29.3. The lowest BCUT2D eigenvalue weighted by atomic mass is 10.1. The molecule has 4 heterocycles. The first-order chi connectivity index (χ1) is 12.4. The average molecular weight is 362 g/mol. The van der Waals surface area contributed by atoms with E-state index in [0.717, 1.165) is 11.4 Å². The summed E-state index contributed by atoms with van der Waals surface area (Å²) in [4.78, 5) is 23.6. The highest BCUT2D eigenvalue weighted by molar-refractivity contribution is 6.09. The largest absolute Gasteiger partial charge is 0.502 e. The molecule has 10 nitrogen and oxygen atoms in total. The van der Waals surface area contributed by atoms with E-state index in [2.05, 4.69) is 9.98 Å². The zero-order valence-electron chi connectivity index (χ0n) is 14.3. The van der Waals surface area contributed by atoms with E-state index in [0.29, 0.717) is 11.7 Å². The highest BCUT2D eigenvalue weighted by atomic mass is 16.6. The molecule has 3 aliphatic heterocycles. The number of aromatic nitrogens is 2. The van der Waals surface area contributed by atoms with Crippen molar-refractivity contribution in [3.05, 3.63) is 34.5 Å². The molecule has 138 valence electrons. The number of ether oxygens (including phenoxy) is 1. The van der Waals surface area contributed by atoms with Gasteiger partial charge in [-0.05, 0) is 6.92 Å². The van der Waals surface area contributed by atoms with E-state index in [4.69, 9.17) is 4.74 Å². The number of hydrogen-bond acceptors (Lipinski definition) is 8. The third-order valence-electron chi connectivity index (χ3n) is 4.87. The summed E-state index contributed by atoms with van der Waals surface area (Å²) >= 11 is 0. The second kappa shape index (κ2) is 6.09. The molecule has 4 rings (SSSR count). The minimum atomic E-state index is -1.32. The molecule has 0 bridgehead atoms. The summed E-state index contributed by atoms with van der Waals surface area (Å²) in [5.41, 5.74) is 0.363. The van der Waals surface area contributed by atoms with Crippen molar-refractivity contribution < 1.29 is 24.6 Å². The first-order valence-corrected chi connectivity index (χ1v) is 8.26. The van der Waals surface area contributed by atoms with E-state index in [1.807, 2.05) is 25.1 Å². The molecule has 0 aliphatic carbocycles. The second-order valence-electron chi connectivity index (χ2n) is 6.54. The Kier molecular flexibility index (Phi) is 3.99. The molecule has 3 N–H and O–H groups in total. The summed E-state index contributed by atoms with van der Waals surface area (Å²) in [7, 11) is 1.87. The van der Waals surface area contributed by atoms with E-state index >= 15 is 0 Å². The molecular formula is C16H20N5O5+. The fraction of sp³-hybridized carbons (Fsp3) is 0.500. The fourth-order valence-corrected chi connectivity index (χ4v) is 3.26. The Morgan fingerprint density at radius 2 is 2.12 bits per heavy atom. The van der Waals surface area contributed by atoms with Crippen LogP contribution in [0, 0.1) is 0 Å². The van der Waals surface area contributed by atoms with Crippen molar-refractivity contribution in [1.29, 1.82) is 0 Å². The van der Waals surface area contributed by atoms with Gasteiger partial charge in [0.25, 0.3) is 0 Å². The Bertz CT molecular complexity index is 905. The van der Waals surface area contributed by atoms with Crippen molar-refractivity contribution in [3.8, 4) is 0 Å². The zero-order chi connectivity index (χ0) is 18.6. The van der Waals surface area contributed by atoms with Gasteiger partial charge in [0.15, 0.2) is 5.84 Å². The van der Waals surface area contributed by atoms with E-state index in [1.165, 1.54) is 15.3 Å². The lowest BCUT2D eigenvalue weighted by Crippen LogP contribution is -2.60. The van der Waals surface area contributed by atoms with Crippen LogP contribution in [0.1, 0.15) is 13.2 Å². The summed E-state index contributed by atoms with van der Waals surface area (Å²) in [6.07, 6.45) is -1.28. The number of aliphatic hydroxyl groups excluding tert-OH is 3. The van der Waals surface area contributed by atoms with Crippen molar-refractivity contribution >= 4 is 17.5 Å². The molecule has 1 fully saturated rings. The number of amidine groups is 2. The first-order valence-electron chi connectivity index (χ1n) is 8.26. The standard InChI is InChI=1S/C16H20N5O5/c1-8-17-14-9(5-19(8)2)6-21-11(18-14)3-4-20(16(21)25)15-13(24)12(23)10(7-22)26-15/h3-5,10,12-13,15,22-24H,6-7H2,1-2H3/q+1/t10-,12-,13-,15+/m1/s1. The van der Waals surface area contributed by atoms with Gasteiger partial charge in [0, 0.05) is 19.3 Å². The molecule has 0 amide bonds. The van der Waals surface area contributed by atoms with Gasteiger partial charge in [0.2, 0.25) is 12.0 Å². The third-order valence-corrected chi connectivity index (χ3v) is 4.87. The number of hydrogen-bond donors (Lipinski definition) is 3. The first kappa shape index (κ1) is 17.0. The zero-order valence-corrected chi connectivity index (χ0v) is 14.3. The maximum Gasteiger partial charge on any atom is 0.502 e. The van der Waals surface area contributed by atoms with Crippen molar-refractivity contribution in [3.63, 3.8) is 0 Å². The third kappa shape index (κ3) is 2.50. The predicted octanol–water partition coefficient (Wildman–Crippen LogP) is -1.96. The van der Waals surface area contributed by atoms with Crippen LogP contribution in [-0.4, -0.2) is 68.4 Å². The van der Waals surface area contributed by atoms with Crippen molar-refractivity contribution in [1.82, 2.24) is 9.47 Å². The molecule has 1 aromatic rings. The Morgan fingerprint density at radius 3 is 2.81 bits per heavy atom. The Labute approximate surface area is 148 Å². The molecule has 26 heavy (non-hydrogen) atoms. The molecule has 10 heteroatoms. The number of aliphatic hydroxyl groups is 3. The molecule has 3 aliphatic rings. The number of nitrogens with zero attached hydrogens (tertiary/aromatic N) is 5. The smallest absolute Gasteiger partial charge is 0.394 e. The van der Waals surface area contributed by atoms with Gasteiger partial charge in [-0.2, -0.15) is 18.9 Å². The normalized spacial score (nSPS) is 30.3. The van der Waals surface area contributed by atoms with Crippen LogP contribution in [-0.2, 0) is 11.3 Å². The van der Waals surface area contributed by atoms with Crippen LogP contribution in [0.4, 0.5) is 5.82 Å². The molecule has 0 aromatic carbocycles. The second-order valence-corrected chi connectivity index (χ2v) is 6.54. The van der Waals surface area contributed by atoms with Crippen LogP contribution >= 0.6 is 0 Å². The molecule has 4 atom stereocenters. The molecule has 0 saturated carbocycles. The van der Waals surface area contributed by atoms with Gasteiger partial charge in [-0.25, -0.2) is 4.99 Å². The van der Waals surface area contributed by atoms with Gasteiger partial charge in [0.05, 0.1) is 12.2 Å². The molecule has 1 saturated heterocycles. The van der Waals surface area contributed by atoms with Crippen LogP contribution in [0.15, 0.2) is 38.8 Å². The summed E-state index contributed by atoms with van der Waals surface area (Å²) in [6, 6.07) is 1.63. The Hall–Kier alpha value is -2.40. The van der Waals surface area contributed by atoms with Gasteiger partial charge in [-0.3, -0.25) is 0 Å². The Morgan fingerprint density at radius 1 is 1.35 bits per heavy atom. The lowest BCUT2D eigenvalue weighted by molar-refractivity contribution is -0.781. The summed E-state index contributed by atoms with van der Waals surface area (Å²) < 4.78 is 8.11. The van der Waals surface area contributed by atoms with Gasteiger partial charge in [0.1, 0.15) is 36.9 Å². The molecular weight excluding hydrogens is 342 g/mol. The average Bonchev–Trinajstić information content (AvgIpc) is 2.90. The Balaban J connectivity index is 1.75. The monoisotopic (exact) mass is 362 g/mol. The fourth-order valence-electron chi connectivity index (χ4n) is 3.26. The van der Waals surface area contributed by atoms with Crippen molar-refractivity contribution in [2.45, 2.75) is 38.0 Å². The quantitative estimate of drug-likeness (QED) is 0.525. The lowest BCUT2D eigenvalue weighted by Gasteiger charge is -2.23. The molecule has 1 aromatic heterocycles. The van der Waals surface area contributed by atoms with Crippen LogP contribution in [0.5, 0.6) is 0 Å². The van der Waals surface area contributed by atoms with Crippen LogP contribution in [0.2, 0.25) is 0 Å². The number of fused-ring (bicyclic) bond motifs is 2. The van der Waals surface area contributed by atoms with Crippen LogP contribution < -0.4 is 10.3 Å². The topological polar surface area (TPSA) is 124 Å². The van der Waals surface area contributed by atoms with Crippen molar-refractivity contribution in [2.24, 2.45) is 9.98 Å². The summed E-state index contributed by atoms with van der Waals surface area (Å²) in [6.45, 7) is 1.70. The minimum absolute atomic E-state index is 0.282. The minimum Gasteiger partial charge on any atom is -0.394 e. The number of aliphatic imine (C=N–C) groups is 2. The van der Waals surface area contributed by atoms with E-state index in [1.54, 1.807) is 6.07 Å². The number of rotatable bonds is 2. The highest BCUT2D eigenvalue weighted by Crippen LogP contribution is 2.26. The summed E-state index contributed by atoms with van der Waals surface area (Å²) in [5.74, 6) is 1.83. The van der Waals surface area contributed by atoms with E-state index < -0.39 is 36.8 Å². The van der Waals surface area contributed by atoms with E-state index in [-0.39, 0.29) is 6.54 Å². The predicted molar refractivity (Wildman–Crippen MR) is 90.0 cm³/mol. The SMILES string of the molecule is CC1=NC2=Nc3cc[n+]([C@H]4O[C@H](CO)[C@@H](O)[C@H]4O)c(=O)n3CC2=CN1C. The van der Waals surface area contributed by atoms with Gasteiger partial charge >= 0.3 is 5.69 Å². The maximum atomic E-state index is 12.9. The van der Waals surface area contributed by atoms with Gasteiger partial charge < -0.3 is 25.0 Å². The molecule has 0 spiro atoms. The van der Waals surface area contributed by atoms with Gasteiger partial charge in [-0.15, -0.1) is 0 Å². The molecule has 0 radical (unpaired) electrons. The van der Waals surface area contributed by atoms with Gasteiger partial charge in [-0.1, -0.05) is 0 Å².